The fraction of sp³-hybridized carbons (Fsp3) is 0.143. The first-order valence-electron chi connectivity index (χ1n) is 5.86. The van der Waals surface area contributed by atoms with Crippen molar-refractivity contribution in [1.82, 2.24) is 9.78 Å². The molecule has 0 aliphatic heterocycles. The van der Waals surface area contributed by atoms with Gasteiger partial charge in [-0.25, -0.2) is 4.79 Å². The van der Waals surface area contributed by atoms with Crippen molar-refractivity contribution in [3.63, 3.8) is 0 Å². The van der Waals surface area contributed by atoms with Gasteiger partial charge in [-0.15, -0.1) is 0 Å². The summed E-state index contributed by atoms with van der Waals surface area (Å²) in [4.78, 5) is 10.6. The Morgan fingerprint density at radius 3 is 3.00 bits per heavy atom. The molecule has 0 radical (unpaired) electrons. The smallest absolute Gasteiger partial charge is 0.328 e. The summed E-state index contributed by atoms with van der Waals surface area (Å²) in [6.07, 6.45) is 6.18. The average molecular weight is 337 g/mol. The molecule has 2 aromatic rings. The van der Waals surface area contributed by atoms with Crippen molar-refractivity contribution in [2.45, 2.75) is 6.61 Å². The maximum Gasteiger partial charge on any atom is 0.328 e. The summed E-state index contributed by atoms with van der Waals surface area (Å²) in [7, 11) is 1.84. The Balaban J connectivity index is 2.19. The minimum absolute atomic E-state index is 0.365. The van der Waals surface area contributed by atoms with Crippen LogP contribution in [0, 0.1) is 0 Å². The lowest BCUT2D eigenvalue weighted by Gasteiger charge is -2.10. The number of benzene rings is 1. The predicted molar refractivity (Wildman–Crippen MR) is 78.4 cm³/mol. The fourth-order valence-corrected chi connectivity index (χ4v) is 2.17. The van der Waals surface area contributed by atoms with Gasteiger partial charge in [0.1, 0.15) is 12.4 Å². The van der Waals surface area contributed by atoms with Gasteiger partial charge in [0, 0.05) is 30.4 Å². The molecule has 0 spiro atoms. The Labute approximate surface area is 124 Å². The number of nitrogens with zero attached hydrogens (tertiary/aromatic N) is 2. The minimum Gasteiger partial charge on any atom is -0.487 e. The van der Waals surface area contributed by atoms with Gasteiger partial charge in [-0.1, -0.05) is 12.1 Å². The number of carboxylic acids is 1. The molecule has 6 heteroatoms. The van der Waals surface area contributed by atoms with E-state index >= 15 is 0 Å². The third-order valence-electron chi connectivity index (χ3n) is 2.54. The van der Waals surface area contributed by atoms with Gasteiger partial charge in [0.05, 0.1) is 10.7 Å². The second-order valence-electron chi connectivity index (χ2n) is 4.14. The van der Waals surface area contributed by atoms with E-state index in [9.17, 15) is 4.79 Å². The third kappa shape index (κ3) is 3.71. The maximum absolute atomic E-state index is 10.6. The molecule has 104 valence electrons. The van der Waals surface area contributed by atoms with Crippen molar-refractivity contribution < 1.29 is 14.6 Å². The van der Waals surface area contributed by atoms with Crippen molar-refractivity contribution in [2.24, 2.45) is 7.05 Å². The highest BCUT2D eigenvalue weighted by molar-refractivity contribution is 9.10. The number of para-hydroxylation sites is 1. The van der Waals surface area contributed by atoms with Crippen LogP contribution in [-0.2, 0) is 18.4 Å². The lowest BCUT2D eigenvalue weighted by atomic mass is 10.2. The van der Waals surface area contributed by atoms with Gasteiger partial charge in [-0.05, 0) is 28.1 Å². The molecule has 0 atom stereocenters. The highest BCUT2D eigenvalue weighted by atomic mass is 79.9. The summed E-state index contributed by atoms with van der Waals surface area (Å²) in [5.41, 5.74) is 1.64. The van der Waals surface area contributed by atoms with Gasteiger partial charge in [0.2, 0.25) is 0 Å². The fourth-order valence-electron chi connectivity index (χ4n) is 1.67. The number of hydrogen-bond donors (Lipinski definition) is 1. The van der Waals surface area contributed by atoms with E-state index in [1.165, 1.54) is 6.08 Å². The number of aliphatic carboxylic acids is 1. The highest BCUT2D eigenvalue weighted by Gasteiger charge is 2.07. The molecule has 0 bridgehead atoms. The maximum atomic E-state index is 10.6. The largest absolute Gasteiger partial charge is 0.487 e. The number of ether oxygens (including phenoxy) is 1. The number of carbonyl (C=O) groups is 1. The van der Waals surface area contributed by atoms with Crippen LogP contribution in [0.2, 0.25) is 0 Å². The van der Waals surface area contributed by atoms with Crippen LogP contribution in [0.25, 0.3) is 6.08 Å². The molecule has 5 nitrogen and oxygen atoms in total. The zero-order valence-corrected chi connectivity index (χ0v) is 12.4. The van der Waals surface area contributed by atoms with Crippen molar-refractivity contribution in [3.05, 3.63) is 52.3 Å². The number of hydrogen-bond acceptors (Lipinski definition) is 3. The topological polar surface area (TPSA) is 64.3 Å². The Bertz CT molecular complexity index is 650. The third-order valence-corrected chi connectivity index (χ3v) is 3.17. The molecule has 0 fully saturated rings. The van der Waals surface area contributed by atoms with E-state index in [4.69, 9.17) is 9.84 Å². The van der Waals surface area contributed by atoms with E-state index in [-0.39, 0.29) is 0 Å². The number of aryl methyl sites for hydroxylation is 1. The molecular weight excluding hydrogens is 324 g/mol. The van der Waals surface area contributed by atoms with Gasteiger partial charge in [0.15, 0.2) is 0 Å². The van der Waals surface area contributed by atoms with E-state index in [2.05, 4.69) is 21.0 Å². The van der Waals surface area contributed by atoms with Crippen LogP contribution < -0.4 is 4.74 Å². The van der Waals surface area contributed by atoms with Gasteiger partial charge < -0.3 is 9.84 Å². The lowest BCUT2D eigenvalue weighted by molar-refractivity contribution is -0.131. The zero-order valence-electron chi connectivity index (χ0n) is 10.8. The summed E-state index contributed by atoms with van der Waals surface area (Å²) >= 11 is 3.41. The van der Waals surface area contributed by atoms with E-state index in [0.29, 0.717) is 17.9 Å². The molecule has 20 heavy (non-hydrogen) atoms. The first-order valence-corrected chi connectivity index (χ1v) is 6.65. The van der Waals surface area contributed by atoms with E-state index in [0.717, 1.165) is 16.1 Å². The Morgan fingerprint density at radius 2 is 2.35 bits per heavy atom. The zero-order chi connectivity index (χ0) is 14.5. The first kappa shape index (κ1) is 14.3. The van der Waals surface area contributed by atoms with Crippen molar-refractivity contribution in [2.75, 3.05) is 0 Å². The minimum atomic E-state index is -0.997. The Morgan fingerprint density at radius 1 is 1.55 bits per heavy atom. The SMILES string of the molecule is Cn1cc(COc2c(Br)cccc2C=CC(=O)O)cn1. The molecule has 0 unspecified atom stereocenters. The van der Waals surface area contributed by atoms with Crippen molar-refractivity contribution in [3.8, 4) is 5.75 Å². The van der Waals surface area contributed by atoms with Crippen molar-refractivity contribution in [1.29, 1.82) is 0 Å². The van der Waals surface area contributed by atoms with Crippen molar-refractivity contribution >= 4 is 28.0 Å². The van der Waals surface area contributed by atoms with Crippen LogP contribution in [-0.4, -0.2) is 20.9 Å². The lowest BCUT2D eigenvalue weighted by Crippen LogP contribution is -1.97. The second-order valence-corrected chi connectivity index (χ2v) is 5.00. The molecule has 2 rings (SSSR count). The van der Waals surface area contributed by atoms with E-state index in [1.54, 1.807) is 16.9 Å². The van der Waals surface area contributed by atoms with Gasteiger partial charge in [0.25, 0.3) is 0 Å². The van der Waals surface area contributed by atoms with E-state index < -0.39 is 5.97 Å². The van der Waals surface area contributed by atoms with Crippen LogP contribution in [0.15, 0.2) is 41.1 Å². The summed E-state index contributed by atoms with van der Waals surface area (Å²) in [5, 5.41) is 12.8. The van der Waals surface area contributed by atoms with Crippen LogP contribution in [0.5, 0.6) is 5.75 Å². The number of halogens is 1. The molecule has 1 heterocycles. The van der Waals surface area contributed by atoms with Crippen LogP contribution in [0.4, 0.5) is 0 Å². The van der Waals surface area contributed by atoms with Gasteiger partial charge >= 0.3 is 5.97 Å². The standard InChI is InChI=1S/C14H13BrN2O3/c1-17-8-10(7-16-17)9-20-14-11(5-6-13(18)19)3-2-4-12(14)15/h2-8H,9H2,1H3,(H,18,19). The monoisotopic (exact) mass is 336 g/mol. The number of carboxylic acid groups (broad SMARTS) is 1. The first-order chi connectivity index (χ1) is 9.56. The molecule has 0 saturated heterocycles. The predicted octanol–water partition coefficient (Wildman–Crippen LogP) is 2.86. The van der Waals surface area contributed by atoms with Gasteiger partial charge in [-0.3, -0.25) is 4.68 Å². The molecule has 0 aliphatic rings. The summed E-state index contributed by atoms with van der Waals surface area (Å²) in [6.45, 7) is 0.365. The molecule has 0 amide bonds. The molecular formula is C14H13BrN2O3. The summed E-state index contributed by atoms with van der Waals surface area (Å²) in [5.74, 6) is -0.392. The average Bonchev–Trinajstić information content (AvgIpc) is 2.81. The van der Waals surface area contributed by atoms with Crippen LogP contribution >= 0.6 is 15.9 Å². The second kappa shape index (κ2) is 6.38. The van der Waals surface area contributed by atoms with Gasteiger partial charge in [-0.2, -0.15) is 5.10 Å². The summed E-state index contributed by atoms with van der Waals surface area (Å²) < 4.78 is 8.23. The Hall–Kier alpha value is -2.08. The van der Waals surface area contributed by atoms with Crippen LogP contribution in [0.1, 0.15) is 11.1 Å². The molecule has 0 aliphatic carbocycles. The molecule has 0 saturated carbocycles. The van der Waals surface area contributed by atoms with E-state index in [1.807, 2.05) is 25.4 Å². The van der Waals surface area contributed by atoms with Crippen LogP contribution in [0.3, 0.4) is 0 Å². The summed E-state index contributed by atoms with van der Waals surface area (Å²) in [6, 6.07) is 5.46. The molecule has 1 aromatic carbocycles. The molecule has 1 N–H and O–H groups in total. The normalized spacial score (nSPS) is 10.9. The number of aromatic nitrogens is 2. The quantitative estimate of drug-likeness (QED) is 0.852. The highest BCUT2D eigenvalue weighted by Crippen LogP contribution is 2.30. The Kier molecular flexibility index (Phi) is 4.57. The molecule has 1 aromatic heterocycles. The number of rotatable bonds is 5.